The van der Waals surface area contributed by atoms with Crippen molar-refractivity contribution in [1.29, 1.82) is 0 Å². The maximum absolute atomic E-state index is 14.7. The highest BCUT2D eigenvalue weighted by molar-refractivity contribution is 9.10. The minimum Gasteiger partial charge on any atom is -0.363 e. The van der Waals surface area contributed by atoms with Crippen molar-refractivity contribution in [2.75, 3.05) is 18.4 Å². The van der Waals surface area contributed by atoms with Crippen molar-refractivity contribution in [1.82, 2.24) is 15.5 Å². The highest BCUT2D eigenvalue weighted by Crippen LogP contribution is 2.42. The van der Waals surface area contributed by atoms with Crippen molar-refractivity contribution in [2.24, 2.45) is 5.92 Å². The van der Waals surface area contributed by atoms with E-state index in [9.17, 15) is 4.39 Å². The Labute approximate surface area is 108 Å². The third-order valence-corrected chi connectivity index (χ3v) is 4.23. The molecule has 3 atom stereocenters. The summed E-state index contributed by atoms with van der Waals surface area (Å²) in [5.74, 6) is 0.784. The normalized spacial score (nSPS) is 35.9. The first-order chi connectivity index (χ1) is 8.18. The minimum absolute atomic E-state index is 0.142. The van der Waals surface area contributed by atoms with E-state index in [0.29, 0.717) is 17.0 Å². The van der Waals surface area contributed by atoms with Gasteiger partial charge < -0.3 is 10.6 Å². The van der Waals surface area contributed by atoms with Gasteiger partial charge in [-0.2, -0.15) is 0 Å². The molecule has 0 radical (unpaired) electrons. The predicted octanol–water partition coefficient (Wildman–Crippen LogP) is 1.74. The molecule has 2 fully saturated rings. The molecule has 3 rings (SSSR count). The average molecular weight is 301 g/mol. The van der Waals surface area contributed by atoms with Crippen LogP contribution < -0.4 is 10.6 Å². The van der Waals surface area contributed by atoms with Gasteiger partial charge in [-0.05, 0) is 40.9 Å². The van der Waals surface area contributed by atoms with E-state index >= 15 is 0 Å². The summed E-state index contributed by atoms with van der Waals surface area (Å²) in [5.41, 5.74) is -1.13. The lowest BCUT2D eigenvalue weighted by molar-refractivity contribution is 0.145. The van der Waals surface area contributed by atoms with Crippen molar-refractivity contribution in [3.05, 3.63) is 16.7 Å². The van der Waals surface area contributed by atoms with Crippen LogP contribution in [0.2, 0.25) is 0 Å². The van der Waals surface area contributed by atoms with Crippen LogP contribution in [0, 0.1) is 5.92 Å². The van der Waals surface area contributed by atoms with Crippen LogP contribution in [0.1, 0.15) is 12.8 Å². The van der Waals surface area contributed by atoms with Gasteiger partial charge in [0.1, 0.15) is 16.1 Å². The summed E-state index contributed by atoms with van der Waals surface area (Å²) < 4.78 is 15.4. The molecule has 0 amide bonds. The second-order valence-corrected chi connectivity index (χ2v) is 5.58. The number of aromatic nitrogens is 2. The second kappa shape index (κ2) is 4.17. The van der Waals surface area contributed by atoms with Crippen molar-refractivity contribution in [2.45, 2.75) is 24.6 Å². The number of fused-ring (bicyclic) bond motifs is 1. The van der Waals surface area contributed by atoms with Gasteiger partial charge in [0.2, 0.25) is 0 Å². The van der Waals surface area contributed by atoms with Crippen LogP contribution in [0.25, 0.3) is 0 Å². The lowest BCUT2D eigenvalue weighted by Crippen LogP contribution is -2.44. The molecule has 1 aromatic rings. The minimum atomic E-state index is -1.13. The lowest BCUT2D eigenvalue weighted by Gasteiger charge is -2.27. The van der Waals surface area contributed by atoms with Gasteiger partial charge in [-0.15, -0.1) is 10.2 Å². The third-order valence-electron chi connectivity index (χ3n) is 3.80. The van der Waals surface area contributed by atoms with Crippen molar-refractivity contribution >= 4 is 21.7 Å². The number of nitrogens with one attached hydrogen (secondary N) is 2. The van der Waals surface area contributed by atoms with E-state index in [1.807, 2.05) is 6.07 Å². The number of anilines is 1. The molecule has 1 aliphatic carbocycles. The fourth-order valence-electron chi connectivity index (χ4n) is 2.87. The summed E-state index contributed by atoms with van der Waals surface area (Å²) in [7, 11) is 0. The fourth-order valence-corrected chi connectivity index (χ4v) is 3.08. The molecule has 1 aliphatic heterocycles. The van der Waals surface area contributed by atoms with Crippen LogP contribution in [-0.2, 0) is 0 Å². The highest BCUT2D eigenvalue weighted by atomic mass is 79.9. The summed E-state index contributed by atoms with van der Waals surface area (Å²) in [6.07, 6.45) is 1.80. The van der Waals surface area contributed by atoms with Gasteiger partial charge in [-0.25, -0.2) is 4.39 Å². The zero-order valence-electron chi connectivity index (χ0n) is 9.29. The van der Waals surface area contributed by atoms with E-state index in [1.54, 1.807) is 6.07 Å². The van der Waals surface area contributed by atoms with Crippen molar-refractivity contribution in [3.8, 4) is 0 Å². The highest BCUT2D eigenvalue weighted by Gasteiger charge is 2.53. The average Bonchev–Trinajstić information content (AvgIpc) is 2.81. The fraction of sp³-hybridized carbons (Fsp3) is 0.636. The maximum Gasteiger partial charge on any atom is 0.149 e. The van der Waals surface area contributed by atoms with Gasteiger partial charge in [-0.1, -0.05) is 0 Å². The Morgan fingerprint density at radius 2 is 2.29 bits per heavy atom. The van der Waals surface area contributed by atoms with Crippen LogP contribution in [0.4, 0.5) is 10.2 Å². The van der Waals surface area contributed by atoms with Gasteiger partial charge in [0.25, 0.3) is 0 Å². The van der Waals surface area contributed by atoms with E-state index in [1.165, 1.54) is 0 Å². The smallest absolute Gasteiger partial charge is 0.149 e. The summed E-state index contributed by atoms with van der Waals surface area (Å²) in [6.45, 7) is 1.24. The number of hydrogen-bond donors (Lipinski definition) is 2. The Hall–Kier alpha value is -0.750. The number of hydrogen-bond acceptors (Lipinski definition) is 4. The van der Waals surface area contributed by atoms with Crippen molar-refractivity contribution < 1.29 is 4.39 Å². The molecule has 2 aliphatic rings. The van der Waals surface area contributed by atoms with E-state index in [4.69, 9.17) is 0 Å². The summed E-state index contributed by atoms with van der Waals surface area (Å²) >= 11 is 3.23. The molecular weight excluding hydrogens is 287 g/mol. The van der Waals surface area contributed by atoms with E-state index in [2.05, 4.69) is 36.8 Å². The Kier molecular flexibility index (Phi) is 2.78. The molecule has 0 bridgehead atoms. The Morgan fingerprint density at radius 1 is 1.41 bits per heavy atom. The van der Waals surface area contributed by atoms with Gasteiger partial charge in [0.05, 0.1) is 6.04 Å². The maximum atomic E-state index is 14.7. The van der Waals surface area contributed by atoms with Crippen molar-refractivity contribution in [3.63, 3.8) is 0 Å². The molecule has 92 valence electrons. The molecular formula is C11H14BrFN4. The largest absolute Gasteiger partial charge is 0.363 e. The third kappa shape index (κ3) is 1.93. The van der Waals surface area contributed by atoms with Gasteiger partial charge in [0.15, 0.2) is 0 Å². The molecule has 2 N–H and O–H groups in total. The molecule has 17 heavy (non-hydrogen) atoms. The predicted molar refractivity (Wildman–Crippen MR) is 66.6 cm³/mol. The SMILES string of the molecule is F[C@@]12CNC[C@@H]1CC[C@H]2Nc1ccc(Br)nn1. The number of halogens is 2. The summed E-state index contributed by atoms with van der Waals surface area (Å²) in [6, 6.07) is 3.47. The van der Waals surface area contributed by atoms with Gasteiger partial charge >= 0.3 is 0 Å². The topological polar surface area (TPSA) is 49.8 Å². The van der Waals surface area contributed by atoms with E-state index < -0.39 is 5.67 Å². The van der Waals surface area contributed by atoms with Crippen LogP contribution in [-0.4, -0.2) is 35.0 Å². The Balaban J connectivity index is 1.75. The first-order valence-electron chi connectivity index (χ1n) is 5.84. The monoisotopic (exact) mass is 300 g/mol. The number of nitrogens with zero attached hydrogens (tertiary/aromatic N) is 2. The van der Waals surface area contributed by atoms with Crippen LogP contribution in [0.15, 0.2) is 16.7 Å². The van der Waals surface area contributed by atoms with Crippen LogP contribution in [0.5, 0.6) is 0 Å². The molecule has 2 heterocycles. The summed E-state index contributed by atoms with van der Waals surface area (Å²) in [4.78, 5) is 0. The quantitative estimate of drug-likeness (QED) is 0.873. The van der Waals surface area contributed by atoms with E-state index in [-0.39, 0.29) is 12.0 Å². The zero-order chi connectivity index (χ0) is 11.9. The number of alkyl halides is 1. The zero-order valence-corrected chi connectivity index (χ0v) is 10.9. The Bertz CT molecular complexity index is 412. The number of rotatable bonds is 2. The molecule has 4 nitrogen and oxygen atoms in total. The standard InChI is InChI=1S/C11H14BrFN4/c12-9-3-4-10(17-16-9)15-8-2-1-7-5-14-6-11(7,8)13/h3-4,7-8,14H,1-2,5-6H2,(H,15,17)/t7-,8+,11-/m0/s1. The molecule has 0 aromatic carbocycles. The molecule has 0 spiro atoms. The Morgan fingerprint density at radius 3 is 3.06 bits per heavy atom. The molecule has 1 saturated carbocycles. The molecule has 0 unspecified atom stereocenters. The molecule has 1 saturated heterocycles. The van der Waals surface area contributed by atoms with E-state index in [0.717, 1.165) is 19.4 Å². The van der Waals surface area contributed by atoms with Gasteiger partial charge in [0, 0.05) is 19.0 Å². The first-order valence-corrected chi connectivity index (χ1v) is 6.63. The summed E-state index contributed by atoms with van der Waals surface area (Å²) in [5, 5.41) is 14.2. The second-order valence-electron chi connectivity index (χ2n) is 4.77. The lowest BCUT2D eigenvalue weighted by atomic mass is 9.94. The van der Waals surface area contributed by atoms with Crippen LogP contribution >= 0.6 is 15.9 Å². The molecule has 6 heteroatoms. The van der Waals surface area contributed by atoms with Gasteiger partial charge in [-0.3, -0.25) is 0 Å². The first kappa shape index (κ1) is 11.3. The molecule has 1 aromatic heterocycles. The van der Waals surface area contributed by atoms with Crippen LogP contribution in [0.3, 0.4) is 0 Å².